The van der Waals surface area contributed by atoms with Crippen molar-refractivity contribution in [2.45, 2.75) is 26.9 Å². The third-order valence-electron chi connectivity index (χ3n) is 3.19. The van der Waals surface area contributed by atoms with Gasteiger partial charge in [0.05, 0.1) is 5.69 Å². The molecule has 0 bridgehead atoms. The molecular weight excluding hydrogens is 366 g/mol. The summed E-state index contributed by atoms with van der Waals surface area (Å²) < 4.78 is 6.55. The van der Waals surface area contributed by atoms with Gasteiger partial charge in [0.2, 0.25) is 0 Å². The van der Waals surface area contributed by atoms with E-state index in [1.54, 1.807) is 25.1 Å². The number of rotatable bonds is 4. The Morgan fingerprint density at radius 2 is 1.95 bits per heavy atom. The molecule has 0 heterocycles. The minimum atomic E-state index is -0.618. The number of halogens is 2. The molecule has 0 aliphatic rings. The number of anilines is 1. The van der Waals surface area contributed by atoms with Crippen molar-refractivity contribution in [1.29, 1.82) is 0 Å². The van der Waals surface area contributed by atoms with Gasteiger partial charge in [-0.2, -0.15) is 0 Å². The number of hydrogen-bond acceptors (Lipinski definition) is 2. The van der Waals surface area contributed by atoms with Gasteiger partial charge in [0.1, 0.15) is 5.75 Å². The van der Waals surface area contributed by atoms with Crippen LogP contribution in [0.3, 0.4) is 0 Å². The molecule has 1 amide bonds. The highest BCUT2D eigenvalue weighted by molar-refractivity contribution is 9.10. The Morgan fingerprint density at radius 1 is 1.23 bits per heavy atom. The summed E-state index contributed by atoms with van der Waals surface area (Å²) in [6, 6.07) is 11.1. The number of aryl methyl sites for hydroxylation is 2. The van der Waals surface area contributed by atoms with Gasteiger partial charge in [-0.1, -0.05) is 17.7 Å². The van der Waals surface area contributed by atoms with Crippen LogP contribution in [0, 0.1) is 13.8 Å². The quantitative estimate of drug-likeness (QED) is 0.796. The number of ether oxygens (including phenoxy) is 1. The summed E-state index contributed by atoms with van der Waals surface area (Å²) in [6.45, 7) is 5.60. The molecule has 0 radical (unpaired) electrons. The van der Waals surface area contributed by atoms with Gasteiger partial charge in [-0.3, -0.25) is 4.79 Å². The third kappa shape index (κ3) is 4.24. The van der Waals surface area contributed by atoms with Gasteiger partial charge in [-0.25, -0.2) is 0 Å². The van der Waals surface area contributed by atoms with E-state index < -0.39 is 6.10 Å². The van der Waals surface area contributed by atoms with E-state index in [0.717, 1.165) is 21.3 Å². The molecule has 0 saturated carbocycles. The summed E-state index contributed by atoms with van der Waals surface area (Å²) in [4.78, 5) is 12.2. The number of hydrogen-bond donors (Lipinski definition) is 1. The Bertz CT molecular complexity index is 703. The third-order valence-corrected chi connectivity index (χ3v) is 4.08. The van der Waals surface area contributed by atoms with Gasteiger partial charge in [0.15, 0.2) is 6.10 Å². The second kappa shape index (κ2) is 7.16. The van der Waals surface area contributed by atoms with Gasteiger partial charge in [-0.15, -0.1) is 0 Å². The van der Waals surface area contributed by atoms with E-state index in [-0.39, 0.29) is 5.91 Å². The smallest absolute Gasteiger partial charge is 0.265 e. The first-order valence-electron chi connectivity index (χ1n) is 6.86. The molecule has 0 aliphatic heterocycles. The molecule has 3 nitrogen and oxygen atoms in total. The molecular formula is C17H17BrClNO2. The lowest BCUT2D eigenvalue weighted by atomic mass is 10.2. The average Bonchev–Trinajstić information content (AvgIpc) is 2.44. The van der Waals surface area contributed by atoms with Gasteiger partial charge in [0, 0.05) is 9.50 Å². The lowest BCUT2D eigenvalue weighted by Crippen LogP contribution is -2.30. The SMILES string of the molecule is Cc1ccc(NC(=O)C(C)Oc2ccc(Cl)cc2C)c(Br)c1. The van der Waals surface area contributed by atoms with Crippen LogP contribution in [0.4, 0.5) is 5.69 Å². The molecule has 1 N–H and O–H groups in total. The van der Waals surface area contributed by atoms with Crippen LogP contribution in [0.15, 0.2) is 40.9 Å². The molecule has 2 aromatic rings. The fourth-order valence-corrected chi connectivity index (χ4v) is 2.76. The fourth-order valence-electron chi connectivity index (χ4n) is 1.94. The lowest BCUT2D eigenvalue weighted by Gasteiger charge is -2.17. The monoisotopic (exact) mass is 381 g/mol. The van der Waals surface area contributed by atoms with Crippen LogP contribution in [0.1, 0.15) is 18.1 Å². The fraction of sp³-hybridized carbons (Fsp3) is 0.235. The number of carbonyl (C=O) groups is 1. The van der Waals surface area contributed by atoms with Crippen molar-refractivity contribution < 1.29 is 9.53 Å². The van der Waals surface area contributed by atoms with Crippen molar-refractivity contribution >= 4 is 39.1 Å². The van der Waals surface area contributed by atoms with E-state index in [4.69, 9.17) is 16.3 Å². The van der Waals surface area contributed by atoms with Crippen molar-refractivity contribution in [3.63, 3.8) is 0 Å². The molecule has 1 unspecified atom stereocenters. The van der Waals surface area contributed by atoms with E-state index in [0.29, 0.717) is 10.8 Å². The van der Waals surface area contributed by atoms with Crippen LogP contribution in [-0.4, -0.2) is 12.0 Å². The zero-order valence-corrected chi connectivity index (χ0v) is 15.0. The van der Waals surface area contributed by atoms with Crippen molar-refractivity contribution in [1.82, 2.24) is 0 Å². The minimum absolute atomic E-state index is 0.209. The normalized spacial score (nSPS) is 11.9. The van der Waals surface area contributed by atoms with E-state index in [1.165, 1.54) is 0 Å². The van der Waals surface area contributed by atoms with Crippen molar-refractivity contribution in [2.75, 3.05) is 5.32 Å². The molecule has 0 fully saturated rings. The Kier molecular flexibility index (Phi) is 5.48. The highest BCUT2D eigenvalue weighted by Crippen LogP contribution is 2.25. The van der Waals surface area contributed by atoms with Crippen molar-refractivity contribution in [3.05, 3.63) is 57.0 Å². The Morgan fingerprint density at radius 3 is 2.59 bits per heavy atom. The lowest BCUT2D eigenvalue weighted by molar-refractivity contribution is -0.122. The number of benzene rings is 2. The van der Waals surface area contributed by atoms with Crippen LogP contribution >= 0.6 is 27.5 Å². The van der Waals surface area contributed by atoms with Gasteiger partial charge < -0.3 is 10.1 Å². The van der Waals surface area contributed by atoms with Crippen LogP contribution in [-0.2, 0) is 4.79 Å². The van der Waals surface area contributed by atoms with E-state index in [9.17, 15) is 4.79 Å². The zero-order valence-electron chi connectivity index (χ0n) is 12.6. The predicted octanol–water partition coefficient (Wildman–Crippen LogP) is 5.13. The van der Waals surface area contributed by atoms with Gasteiger partial charge in [0.25, 0.3) is 5.91 Å². The summed E-state index contributed by atoms with van der Waals surface area (Å²) in [5.74, 6) is 0.439. The Hall–Kier alpha value is -1.52. The molecule has 5 heteroatoms. The molecule has 22 heavy (non-hydrogen) atoms. The van der Waals surface area contributed by atoms with Crippen molar-refractivity contribution in [2.24, 2.45) is 0 Å². The summed E-state index contributed by atoms with van der Waals surface area (Å²) in [7, 11) is 0. The molecule has 116 valence electrons. The molecule has 0 aliphatic carbocycles. The second-order valence-corrected chi connectivity index (χ2v) is 6.43. The Balaban J connectivity index is 2.05. The summed E-state index contributed by atoms with van der Waals surface area (Å²) >= 11 is 9.35. The maximum atomic E-state index is 12.2. The molecule has 0 saturated heterocycles. The van der Waals surface area contributed by atoms with Gasteiger partial charge >= 0.3 is 0 Å². The first kappa shape index (κ1) is 16.8. The number of nitrogens with one attached hydrogen (secondary N) is 1. The van der Waals surface area contributed by atoms with Crippen molar-refractivity contribution in [3.8, 4) is 5.75 Å². The van der Waals surface area contributed by atoms with E-state index in [2.05, 4.69) is 21.2 Å². The Labute approximate surface area is 143 Å². The van der Waals surface area contributed by atoms with E-state index >= 15 is 0 Å². The molecule has 0 spiro atoms. The minimum Gasteiger partial charge on any atom is -0.481 e. The summed E-state index contributed by atoms with van der Waals surface area (Å²) in [5.41, 5.74) is 2.73. The molecule has 2 aromatic carbocycles. The molecule has 1 atom stereocenters. The standard InChI is InChI=1S/C17H17BrClNO2/c1-10-4-6-15(14(18)8-10)20-17(21)12(3)22-16-7-5-13(19)9-11(16)2/h4-9,12H,1-3H3,(H,20,21). The zero-order chi connectivity index (χ0) is 16.3. The van der Waals surface area contributed by atoms with Crippen LogP contribution < -0.4 is 10.1 Å². The van der Waals surface area contributed by atoms with Crippen LogP contribution in [0.2, 0.25) is 5.02 Å². The second-order valence-electron chi connectivity index (χ2n) is 5.14. The highest BCUT2D eigenvalue weighted by atomic mass is 79.9. The highest BCUT2D eigenvalue weighted by Gasteiger charge is 2.17. The maximum Gasteiger partial charge on any atom is 0.265 e. The maximum absolute atomic E-state index is 12.2. The van der Waals surface area contributed by atoms with Crippen LogP contribution in [0.25, 0.3) is 0 Å². The topological polar surface area (TPSA) is 38.3 Å². The van der Waals surface area contributed by atoms with Crippen LogP contribution in [0.5, 0.6) is 5.75 Å². The molecule has 2 rings (SSSR count). The number of carbonyl (C=O) groups excluding carboxylic acids is 1. The summed E-state index contributed by atoms with van der Waals surface area (Å²) in [6.07, 6.45) is -0.618. The number of amides is 1. The predicted molar refractivity (Wildman–Crippen MR) is 93.8 cm³/mol. The van der Waals surface area contributed by atoms with E-state index in [1.807, 2.05) is 32.0 Å². The largest absolute Gasteiger partial charge is 0.481 e. The summed E-state index contributed by atoms with van der Waals surface area (Å²) in [5, 5.41) is 3.50. The average molecular weight is 383 g/mol. The van der Waals surface area contributed by atoms with Gasteiger partial charge in [-0.05, 0) is 78.2 Å². The first-order valence-corrected chi connectivity index (χ1v) is 8.03. The first-order chi connectivity index (χ1) is 10.4. The molecule has 0 aromatic heterocycles.